The second-order valence-corrected chi connectivity index (χ2v) is 4.71. The number of ether oxygens (including phenoxy) is 2. The first-order chi connectivity index (χ1) is 6.35. The zero-order chi connectivity index (χ0) is 11.2. The summed E-state index contributed by atoms with van der Waals surface area (Å²) in [4.78, 5) is 0. The molecule has 0 saturated carbocycles. The second-order valence-electron chi connectivity index (χ2n) is 4.71. The van der Waals surface area contributed by atoms with Crippen molar-refractivity contribution in [1.82, 2.24) is 0 Å². The van der Waals surface area contributed by atoms with Gasteiger partial charge in [0.2, 0.25) is 0 Å². The molecule has 0 heterocycles. The predicted molar refractivity (Wildman–Crippen MR) is 56.2 cm³/mol. The fraction of sp³-hybridized carbons (Fsp3) is 1.00. The number of hydrogen-bond donors (Lipinski definition) is 1. The van der Waals surface area contributed by atoms with Crippen molar-refractivity contribution in [2.75, 3.05) is 48.0 Å². The van der Waals surface area contributed by atoms with Gasteiger partial charge in [0.25, 0.3) is 0 Å². The van der Waals surface area contributed by atoms with E-state index in [1.54, 1.807) is 7.11 Å². The molecular weight excluding hydrogens is 182 g/mol. The molecule has 0 aliphatic rings. The zero-order valence-corrected chi connectivity index (χ0v) is 9.99. The third kappa shape index (κ3) is 8.44. The Morgan fingerprint density at radius 3 is 2.21 bits per heavy atom. The largest absolute Gasteiger partial charge is 0.385 e. The molecule has 4 nitrogen and oxygen atoms in total. The van der Waals surface area contributed by atoms with E-state index in [0.717, 1.165) is 4.48 Å². The number of likely N-dealkylation sites (N-methyl/N-ethyl adjacent to an activating group) is 1. The summed E-state index contributed by atoms with van der Waals surface area (Å²) in [5, 5.41) is 9.59. The van der Waals surface area contributed by atoms with Crippen molar-refractivity contribution in [3.63, 3.8) is 0 Å². The van der Waals surface area contributed by atoms with Gasteiger partial charge in [-0.1, -0.05) is 0 Å². The Morgan fingerprint density at radius 2 is 1.79 bits per heavy atom. The van der Waals surface area contributed by atoms with E-state index in [1.807, 2.05) is 28.1 Å². The standard InChI is InChI=1S/C10H24NO3/c1-9(13-5)7-14-8-10(12)6-11(2,3)4/h9-10,12H,6-8H2,1-5H3/q+1. The molecule has 0 aromatic heterocycles. The first-order valence-corrected chi connectivity index (χ1v) is 4.94. The Morgan fingerprint density at radius 1 is 1.21 bits per heavy atom. The third-order valence-electron chi connectivity index (χ3n) is 1.82. The van der Waals surface area contributed by atoms with Crippen LogP contribution in [0.4, 0.5) is 0 Å². The van der Waals surface area contributed by atoms with E-state index in [9.17, 15) is 5.11 Å². The van der Waals surface area contributed by atoms with Crippen molar-refractivity contribution >= 4 is 0 Å². The molecule has 2 unspecified atom stereocenters. The molecule has 0 spiro atoms. The molecule has 86 valence electrons. The lowest BCUT2D eigenvalue weighted by Gasteiger charge is -2.26. The Bertz CT molecular complexity index is 145. The van der Waals surface area contributed by atoms with Crippen LogP contribution in [-0.2, 0) is 9.47 Å². The maximum absolute atomic E-state index is 9.59. The molecule has 0 aromatic rings. The summed E-state index contributed by atoms with van der Waals surface area (Å²) in [5.74, 6) is 0. The van der Waals surface area contributed by atoms with Crippen LogP contribution in [0.5, 0.6) is 0 Å². The van der Waals surface area contributed by atoms with Crippen LogP contribution in [0, 0.1) is 0 Å². The molecule has 4 heteroatoms. The number of quaternary nitrogens is 1. The molecule has 2 atom stereocenters. The molecule has 0 amide bonds. The van der Waals surface area contributed by atoms with Crippen LogP contribution in [0.1, 0.15) is 6.92 Å². The minimum absolute atomic E-state index is 0.0892. The van der Waals surface area contributed by atoms with Crippen LogP contribution in [0.2, 0.25) is 0 Å². The highest BCUT2D eigenvalue weighted by atomic mass is 16.5. The first kappa shape index (κ1) is 13.8. The van der Waals surface area contributed by atoms with Crippen LogP contribution < -0.4 is 0 Å². The maximum atomic E-state index is 9.59. The van der Waals surface area contributed by atoms with Gasteiger partial charge in [0.15, 0.2) is 0 Å². The molecule has 0 radical (unpaired) electrons. The van der Waals surface area contributed by atoms with Gasteiger partial charge in [-0.05, 0) is 6.92 Å². The number of aliphatic hydroxyl groups is 1. The summed E-state index contributed by atoms with van der Waals surface area (Å²) in [7, 11) is 7.78. The number of nitrogens with zero attached hydrogens (tertiary/aromatic N) is 1. The summed E-state index contributed by atoms with van der Waals surface area (Å²) in [6.07, 6.45) is -0.314. The fourth-order valence-corrected chi connectivity index (χ4v) is 1.12. The maximum Gasteiger partial charge on any atom is 0.126 e. The van der Waals surface area contributed by atoms with Crippen LogP contribution in [0.15, 0.2) is 0 Å². The third-order valence-corrected chi connectivity index (χ3v) is 1.82. The summed E-state index contributed by atoms with van der Waals surface area (Å²) < 4.78 is 11.1. The van der Waals surface area contributed by atoms with Crippen LogP contribution in [0.3, 0.4) is 0 Å². The van der Waals surface area contributed by atoms with Crippen molar-refractivity contribution in [3.8, 4) is 0 Å². The summed E-state index contributed by atoms with van der Waals surface area (Å²) in [6, 6.07) is 0. The lowest BCUT2D eigenvalue weighted by molar-refractivity contribution is -0.873. The van der Waals surface area contributed by atoms with E-state index in [2.05, 4.69) is 0 Å². The van der Waals surface area contributed by atoms with Gasteiger partial charge in [0, 0.05) is 7.11 Å². The molecule has 0 bridgehead atoms. The molecule has 0 aromatic carbocycles. The highest BCUT2D eigenvalue weighted by Gasteiger charge is 2.15. The molecule has 0 aliphatic heterocycles. The van der Waals surface area contributed by atoms with Crippen LogP contribution in [-0.4, -0.2) is 69.8 Å². The van der Waals surface area contributed by atoms with Gasteiger partial charge in [0.05, 0.1) is 40.5 Å². The van der Waals surface area contributed by atoms with Crippen molar-refractivity contribution in [3.05, 3.63) is 0 Å². The topological polar surface area (TPSA) is 38.7 Å². The molecule has 0 aliphatic carbocycles. The minimum Gasteiger partial charge on any atom is -0.385 e. The Kier molecular flexibility index (Phi) is 6.27. The average Bonchev–Trinajstić information content (AvgIpc) is 2.00. The number of methoxy groups -OCH3 is 1. The summed E-state index contributed by atoms with van der Waals surface area (Å²) in [5.41, 5.74) is 0. The van der Waals surface area contributed by atoms with E-state index < -0.39 is 6.10 Å². The van der Waals surface area contributed by atoms with Crippen molar-refractivity contribution in [1.29, 1.82) is 0 Å². The van der Waals surface area contributed by atoms with Gasteiger partial charge in [-0.3, -0.25) is 0 Å². The Hall–Kier alpha value is -0.160. The smallest absolute Gasteiger partial charge is 0.126 e. The number of aliphatic hydroxyl groups excluding tert-OH is 1. The minimum atomic E-state index is -0.404. The van der Waals surface area contributed by atoms with E-state index in [0.29, 0.717) is 19.8 Å². The Balaban J connectivity index is 3.50. The number of hydrogen-bond acceptors (Lipinski definition) is 3. The van der Waals surface area contributed by atoms with Gasteiger partial charge >= 0.3 is 0 Å². The molecule has 0 fully saturated rings. The van der Waals surface area contributed by atoms with Gasteiger partial charge in [-0.15, -0.1) is 0 Å². The monoisotopic (exact) mass is 206 g/mol. The molecule has 0 rings (SSSR count). The molecular formula is C10H24NO3+. The lowest BCUT2D eigenvalue weighted by Crippen LogP contribution is -2.43. The predicted octanol–water partition coefficient (Wildman–Crippen LogP) is 0.105. The molecule has 0 saturated heterocycles. The van der Waals surface area contributed by atoms with E-state index in [-0.39, 0.29) is 6.10 Å². The normalized spacial score (nSPS) is 16.7. The van der Waals surface area contributed by atoms with Crippen molar-refractivity contribution < 1.29 is 19.1 Å². The van der Waals surface area contributed by atoms with Crippen molar-refractivity contribution in [2.45, 2.75) is 19.1 Å². The second kappa shape index (κ2) is 6.35. The summed E-state index contributed by atoms with van der Waals surface area (Å²) in [6.45, 7) is 3.54. The molecule has 1 N–H and O–H groups in total. The Labute approximate surface area is 87.0 Å². The van der Waals surface area contributed by atoms with E-state index in [1.165, 1.54) is 0 Å². The first-order valence-electron chi connectivity index (χ1n) is 4.94. The van der Waals surface area contributed by atoms with E-state index >= 15 is 0 Å². The zero-order valence-electron chi connectivity index (χ0n) is 9.99. The summed E-state index contributed by atoms with van der Waals surface area (Å²) >= 11 is 0. The van der Waals surface area contributed by atoms with Gasteiger partial charge in [0.1, 0.15) is 12.6 Å². The van der Waals surface area contributed by atoms with Crippen LogP contribution >= 0.6 is 0 Å². The SMILES string of the molecule is COC(C)COCC(O)C[N+](C)(C)C. The highest BCUT2D eigenvalue weighted by Crippen LogP contribution is 1.97. The van der Waals surface area contributed by atoms with Gasteiger partial charge in [-0.25, -0.2) is 0 Å². The van der Waals surface area contributed by atoms with Gasteiger partial charge in [-0.2, -0.15) is 0 Å². The lowest BCUT2D eigenvalue weighted by atomic mass is 10.3. The quantitative estimate of drug-likeness (QED) is 0.601. The highest BCUT2D eigenvalue weighted by molar-refractivity contribution is 4.52. The molecule has 14 heavy (non-hydrogen) atoms. The number of rotatable bonds is 7. The fourth-order valence-electron chi connectivity index (χ4n) is 1.12. The van der Waals surface area contributed by atoms with Gasteiger partial charge < -0.3 is 19.1 Å². The van der Waals surface area contributed by atoms with Crippen LogP contribution in [0.25, 0.3) is 0 Å². The average molecular weight is 206 g/mol. The van der Waals surface area contributed by atoms with Crippen molar-refractivity contribution in [2.24, 2.45) is 0 Å². The van der Waals surface area contributed by atoms with E-state index in [4.69, 9.17) is 9.47 Å².